The maximum Gasteiger partial charge on any atom is 0.292 e. The van der Waals surface area contributed by atoms with Crippen LogP contribution < -0.4 is 19.9 Å². The highest BCUT2D eigenvalue weighted by Gasteiger charge is 2.30. The van der Waals surface area contributed by atoms with Crippen molar-refractivity contribution in [2.75, 3.05) is 43.5 Å². The van der Waals surface area contributed by atoms with Crippen LogP contribution in [0.25, 0.3) is 0 Å². The van der Waals surface area contributed by atoms with Crippen molar-refractivity contribution < 1.29 is 19.4 Å². The molecule has 0 bridgehead atoms. The maximum absolute atomic E-state index is 12.7. The van der Waals surface area contributed by atoms with Gasteiger partial charge in [-0.2, -0.15) is 0 Å². The number of para-hydroxylation sites is 4. The second kappa shape index (κ2) is 8.71. The van der Waals surface area contributed by atoms with Crippen LogP contribution in [-0.4, -0.2) is 50.2 Å². The Kier molecular flexibility index (Phi) is 6.10. The number of hydrogen-bond acceptors (Lipinski definition) is 5. The maximum atomic E-state index is 12.7. The molecule has 0 radical (unpaired) electrons. The Balaban J connectivity index is 1.61. The zero-order valence-corrected chi connectivity index (χ0v) is 16.1. The van der Waals surface area contributed by atoms with Crippen molar-refractivity contribution in [2.45, 2.75) is 13.0 Å². The molecule has 0 aromatic heterocycles. The van der Waals surface area contributed by atoms with E-state index in [1.807, 2.05) is 31.2 Å². The number of nitro groups is 1. The molecule has 1 aliphatic heterocycles. The second-order valence-electron chi connectivity index (χ2n) is 6.80. The molecule has 1 fully saturated rings. The number of carbonyl (C=O) groups excluding carboxylic acids is 1. The number of piperazine rings is 1. The number of nitrogens with zero attached hydrogens (tertiary/aromatic N) is 2. The molecule has 1 amide bonds. The Morgan fingerprint density at radius 3 is 2.50 bits per heavy atom. The van der Waals surface area contributed by atoms with Crippen molar-refractivity contribution in [2.24, 2.45) is 0 Å². The fraction of sp³-hybridized carbons (Fsp3) is 0.350. The van der Waals surface area contributed by atoms with Crippen molar-refractivity contribution in [1.82, 2.24) is 0 Å². The van der Waals surface area contributed by atoms with Gasteiger partial charge in [-0.05, 0) is 25.1 Å². The predicted octanol–water partition coefficient (Wildman–Crippen LogP) is 1.34. The molecule has 1 atom stereocenters. The fourth-order valence-corrected chi connectivity index (χ4v) is 3.52. The third-order valence-electron chi connectivity index (χ3n) is 5.20. The Morgan fingerprint density at radius 1 is 1.18 bits per heavy atom. The van der Waals surface area contributed by atoms with Crippen molar-refractivity contribution in [3.8, 4) is 5.75 Å². The van der Waals surface area contributed by atoms with Gasteiger partial charge in [-0.1, -0.05) is 24.3 Å². The van der Waals surface area contributed by atoms with Gasteiger partial charge in [0, 0.05) is 6.07 Å². The molecule has 0 unspecified atom stereocenters. The average molecular weight is 385 g/mol. The first-order valence-electron chi connectivity index (χ1n) is 9.28. The molecule has 28 heavy (non-hydrogen) atoms. The smallest absolute Gasteiger partial charge is 0.292 e. The van der Waals surface area contributed by atoms with Crippen LogP contribution >= 0.6 is 0 Å². The highest BCUT2D eigenvalue weighted by molar-refractivity contribution is 5.95. The third kappa shape index (κ3) is 4.23. The molecule has 0 saturated carbocycles. The number of nitro benzene ring substituents is 1. The Labute approximate surface area is 163 Å². The summed E-state index contributed by atoms with van der Waals surface area (Å²) in [7, 11) is 1.66. The summed E-state index contributed by atoms with van der Waals surface area (Å²) in [6.45, 7) is 5.06. The van der Waals surface area contributed by atoms with Crippen molar-refractivity contribution in [1.29, 1.82) is 0 Å². The molecule has 148 valence electrons. The van der Waals surface area contributed by atoms with Gasteiger partial charge >= 0.3 is 0 Å². The van der Waals surface area contributed by atoms with Gasteiger partial charge in [-0.25, -0.2) is 0 Å². The number of quaternary nitrogens is 1. The van der Waals surface area contributed by atoms with Gasteiger partial charge in [0.15, 0.2) is 6.04 Å². The number of methoxy groups -OCH3 is 1. The molecule has 2 aromatic carbocycles. The summed E-state index contributed by atoms with van der Waals surface area (Å²) in [5, 5.41) is 13.8. The number of carbonyl (C=O) groups is 1. The van der Waals surface area contributed by atoms with E-state index in [0.29, 0.717) is 0 Å². The normalized spacial score (nSPS) is 15.7. The summed E-state index contributed by atoms with van der Waals surface area (Å²) in [5.41, 5.74) is 1.19. The van der Waals surface area contributed by atoms with E-state index >= 15 is 0 Å². The lowest BCUT2D eigenvalue weighted by Gasteiger charge is -2.36. The molecular weight excluding hydrogens is 360 g/mol. The van der Waals surface area contributed by atoms with Gasteiger partial charge in [0.2, 0.25) is 0 Å². The monoisotopic (exact) mass is 385 g/mol. The van der Waals surface area contributed by atoms with Crippen LogP contribution in [-0.2, 0) is 4.79 Å². The number of nitrogens with one attached hydrogen (secondary N) is 2. The molecule has 0 aliphatic carbocycles. The standard InChI is InChI=1S/C20H24N4O4/c1-15(20(25)21-16-7-3-4-8-17(16)24(26)27)22-11-13-23(14-12-22)18-9-5-6-10-19(18)28-2/h3-10,15H,11-14H2,1-2H3,(H,21,25)/p+1/t15-/m1/s1. The first kappa shape index (κ1) is 19.6. The number of amides is 1. The Hall–Kier alpha value is -3.13. The minimum atomic E-state index is -0.487. The van der Waals surface area contributed by atoms with Crippen LogP contribution in [0, 0.1) is 10.1 Å². The van der Waals surface area contributed by atoms with Crippen molar-refractivity contribution >= 4 is 23.0 Å². The lowest BCUT2D eigenvalue weighted by atomic mass is 10.1. The van der Waals surface area contributed by atoms with E-state index in [0.717, 1.165) is 42.5 Å². The predicted molar refractivity (Wildman–Crippen MR) is 107 cm³/mol. The summed E-state index contributed by atoms with van der Waals surface area (Å²) < 4.78 is 5.44. The van der Waals surface area contributed by atoms with Gasteiger partial charge in [0.1, 0.15) is 11.4 Å². The molecule has 1 heterocycles. The Morgan fingerprint density at radius 2 is 1.82 bits per heavy atom. The average Bonchev–Trinajstić information content (AvgIpc) is 2.73. The van der Waals surface area contributed by atoms with Crippen LogP contribution in [0.5, 0.6) is 5.75 Å². The molecular formula is C20H25N4O4+. The number of rotatable bonds is 6. The SMILES string of the molecule is COc1ccccc1N1CC[NH+]([C@H](C)C(=O)Nc2ccccc2[N+](=O)[O-])CC1. The minimum Gasteiger partial charge on any atom is -0.495 e. The minimum absolute atomic E-state index is 0.0981. The molecule has 2 aromatic rings. The number of hydrogen-bond donors (Lipinski definition) is 2. The second-order valence-corrected chi connectivity index (χ2v) is 6.80. The van der Waals surface area contributed by atoms with E-state index < -0.39 is 4.92 Å². The van der Waals surface area contributed by atoms with Gasteiger partial charge < -0.3 is 19.9 Å². The molecule has 3 rings (SSSR count). The summed E-state index contributed by atoms with van der Waals surface area (Å²) in [6, 6.07) is 13.8. The van der Waals surface area contributed by atoms with Crippen molar-refractivity contribution in [3.63, 3.8) is 0 Å². The summed E-state index contributed by atoms with van der Waals surface area (Å²) in [5.74, 6) is 0.628. The molecule has 8 nitrogen and oxygen atoms in total. The number of anilines is 2. The highest BCUT2D eigenvalue weighted by atomic mass is 16.6. The van der Waals surface area contributed by atoms with E-state index in [1.165, 1.54) is 6.07 Å². The summed E-state index contributed by atoms with van der Waals surface area (Å²) in [4.78, 5) is 26.7. The van der Waals surface area contributed by atoms with Gasteiger partial charge in [0.25, 0.3) is 11.6 Å². The van der Waals surface area contributed by atoms with E-state index in [4.69, 9.17) is 4.74 Å². The van der Waals surface area contributed by atoms with Crippen LogP contribution in [0.1, 0.15) is 6.92 Å². The zero-order chi connectivity index (χ0) is 20.1. The zero-order valence-electron chi connectivity index (χ0n) is 16.1. The van der Waals surface area contributed by atoms with Gasteiger partial charge in [-0.15, -0.1) is 0 Å². The molecule has 1 aliphatic rings. The van der Waals surface area contributed by atoms with Gasteiger partial charge in [-0.3, -0.25) is 14.9 Å². The number of benzene rings is 2. The lowest BCUT2D eigenvalue weighted by molar-refractivity contribution is -0.914. The Bertz CT molecular complexity index is 850. The van der Waals surface area contributed by atoms with Crippen LogP contribution in [0.4, 0.5) is 17.1 Å². The number of ether oxygens (including phenoxy) is 1. The van der Waals surface area contributed by atoms with Crippen LogP contribution in [0.3, 0.4) is 0 Å². The molecule has 0 spiro atoms. The van der Waals surface area contributed by atoms with Gasteiger partial charge in [0.05, 0.1) is 43.9 Å². The largest absolute Gasteiger partial charge is 0.495 e. The van der Waals surface area contributed by atoms with E-state index in [9.17, 15) is 14.9 Å². The topological polar surface area (TPSA) is 89.2 Å². The molecule has 8 heteroatoms. The first-order valence-corrected chi connectivity index (χ1v) is 9.28. The third-order valence-corrected chi connectivity index (χ3v) is 5.20. The highest BCUT2D eigenvalue weighted by Crippen LogP contribution is 2.27. The molecule has 2 N–H and O–H groups in total. The summed E-state index contributed by atoms with van der Waals surface area (Å²) >= 11 is 0. The molecule has 1 saturated heterocycles. The van der Waals surface area contributed by atoms with E-state index in [-0.39, 0.29) is 23.3 Å². The fourth-order valence-electron chi connectivity index (χ4n) is 3.52. The van der Waals surface area contributed by atoms with E-state index in [1.54, 1.807) is 25.3 Å². The van der Waals surface area contributed by atoms with Crippen LogP contribution in [0.15, 0.2) is 48.5 Å². The van der Waals surface area contributed by atoms with Crippen LogP contribution in [0.2, 0.25) is 0 Å². The quantitative estimate of drug-likeness (QED) is 0.579. The lowest BCUT2D eigenvalue weighted by Crippen LogP contribution is -3.19. The first-order chi connectivity index (χ1) is 13.5. The van der Waals surface area contributed by atoms with Crippen molar-refractivity contribution in [3.05, 3.63) is 58.6 Å². The summed E-state index contributed by atoms with van der Waals surface area (Å²) in [6.07, 6.45) is 0. The van der Waals surface area contributed by atoms with E-state index in [2.05, 4.69) is 10.2 Å².